The zero-order chi connectivity index (χ0) is 12.9. The number of ether oxygens (including phenoxy) is 1. The van der Waals surface area contributed by atoms with Crippen molar-refractivity contribution < 1.29 is 13.2 Å². The Hall–Kier alpha value is -0.130. The van der Waals surface area contributed by atoms with E-state index in [0.717, 1.165) is 19.6 Å². The Kier molecular flexibility index (Phi) is 5.41. The van der Waals surface area contributed by atoms with Crippen molar-refractivity contribution in [3.63, 3.8) is 0 Å². The lowest BCUT2D eigenvalue weighted by atomic mass is 10.0. The number of rotatable bonds is 9. The molecule has 0 radical (unpaired) electrons. The molecule has 0 aromatic rings. The average molecular weight is 263 g/mol. The van der Waals surface area contributed by atoms with Gasteiger partial charge in [-0.3, -0.25) is 0 Å². The summed E-state index contributed by atoms with van der Waals surface area (Å²) in [5, 5.41) is 3.35. The summed E-state index contributed by atoms with van der Waals surface area (Å²) in [5.41, 5.74) is 0.375. The molecule has 0 amide bonds. The Morgan fingerprint density at radius 3 is 2.53 bits per heavy atom. The van der Waals surface area contributed by atoms with Gasteiger partial charge in [0.05, 0.1) is 5.75 Å². The first kappa shape index (κ1) is 14.9. The molecule has 0 spiro atoms. The summed E-state index contributed by atoms with van der Waals surface area (Å²) in [4.78, 5) is 0. The molecular formula is C12H25NO3S. The molecule has 4 nitrogen and oxygen atoms in total. The van der Waals surface area contributed by atoms with Gasteiger partial charge in [0.2, 0.25) is 0 Å². The van der Waals surface area contributed by atoms with Crippen LogP contribution >= 0.6 is 0 Å². The largest absolute Gasteiger partial charge is 0.385 e. The molecule has 1 fully saturated rings. The van der Waals surface area contributed by atoms with E-state index in [1.54, 1.807) is 14.0 Å². The standard InChI is InChI=1S/C12H25NO3S/c1-4-17(14,15)9-11(2)13-10-12(5-6-12)7-8-16-3/h11,13H,4-10H2,1-3H3. The van der Waals surface area contributed by atoms with E-state index in [1.807, 2.05) is 6.92 Å². The molecule has 1 rings (SSSR count). The van der Waals surface area contributed by atoms with E-state index >= 15 is 0 Å². The Morgan fingerprint density at radius 2 is 2.06 bits per heavy atom. The van der Waals surface area contributed by atoms with Crippen molar-refractivity contribution >= 4 is 9.84 Å². The van der Waals surface area contributed by atoms with E-state index in [1.165, 1.54) is 12.8 Å². The summed E-state index contributed by atoms with van der Waals surface area (Å²) in [6, 6.07) is 0.0416. The minimum absolute atomic E-state index is 0.0416. The topological polar surface area (TPSA) is 55.4 Å². The van der Waals surface area contributed by atoms with Gasteiger partial charge in [0.25, 0.3) is 0 Å². The lowest BCUT2D eigenvalue weighted by Gasteiger charge is -2.19. The van der Waals surface area contributed by atoms with Crippen molar-refractivity contribution in [1.29, 1.82) is 0 Å². The average Bonchev–Trinajstić information content (AvgIpc) is 3.04. The van der Waals surface area contributed by atoms with E-state index in [9.17, 15) is 8.42 Å². The van der Waals surface area contributed by atoms with Gasteiger partial charge >= 0.3 is 0 Å². The maximum absolute atomic E-state index is 11.5. The number of methoxy groups -OCH3 is 1. The van der Waals surface area contributed by atoms with Crippen LogP contribution in [0.1, 0.15) is 33.1 Å². The van der Waals surface area contributed by atoms with E-state index in [0.29, 0.717) is 5.41 Å². The van der Waals surface area contributed by atoms with Gasteiger partial charge in [0.1, 0.15) is 0 Å². The second-order valence-corrected chi connectivity index (χ2v) is 7.62. The molecule has 5 heteroatoms. The SMILES string of the molecule is CCS(=O)(=O)CC(C)NCC1(CCOC)CC1. The summed E-state index contributed by atoms with van der Waals surface area (Å²) in [6.45, 7) is 5.35. The third-order valence-corrected chi connectivity index (χ3v) is 5.45. The lowest BCUT2D eigenvalue weighted by Crippen LogP contribution is -2.37. The molecule has 1 saturated carbocycles. The first-order valence-corrected chi connectivity index (χ1v) is 8.18. The summed E-state index contributed by atoms with van der Waals surface area (Å²) < 4.78 is 28.0. The summed E-state index contributed by atoms with van der Waals surface area (Å²) >= 11 is 0. The first-order valence-electron chi connectivity index (χ1n) is 6.36. The van der Waals surface area contributed by atoms with Gasteiger partial charge in [-0.15, -0.1) is 0 Å². The second kappa shape index (κ2) is 6.16. The van der Waals surface area contributed by atoms with Gasteiger partial charge < -0.3 is 10.1 Å². The number of hydrogen-bond acceptors (Lipinski definition) is 4. The molecule has 0 aromatic heterocycles. The highest BCUT2D eigenvalue weighted by Gasteiger charge is 2.41. The minimum Gasteiger partial charge on any atom is -0.385 e. The number of sulfone groups is 1. The van der Waals surface area contributed by atoms with Crippen molar-refractivity contribution in [2.24, 2.45) is 5.41 Å². The highest BCUT2D eigenvalue weighted by molar-refractivity contribution is 7.91. The first-order chi connectivity index (χ1) is 7.93. The fourth-order valence-corrected chi connectivity index (χ4v) is 3.07. The molecule has 17 heavy (non-hydrogen) atoms. The van der Waals surface area contributed by atoms with Crippen LogP contribution in [0, 0.1) is 5.41 Å². The van der Waals surface area contributed by atoms with Gasteiger partial charge in [0.15, 0.2) is 9.84 Å². The van der Waals surface area contributed by atoms with Crippen molar-refractivity contribution in [2.75, 3.05) is 31.8 Å². The smallest absolute Gasteiger partial charge is 0.151 e. The van der Waals surface area contributed by atoms with Gasteiger partial charge in [0, 0.05) is 32.1 Å². The maximum Gasteiger partial charge on any atom is 0.151 e. The lowest BCUT2D eigenvalue weighted by molar-refractivity contribution is 0.170. The highest BCUT2D eigenvalue weighted by atomic mass is 32.2. The molecule has 0 aromatic carbocycles. The minimum atomic E-state index is -2.87. The van der Waals surface area contributed by atoms with Crippen LogP contribution in [0.2, 0.25) is 0 Å². The van der Waals surface area contributed by atoms with E-state index < -0.39 is 9.84 Å². The van der Waals surface area contributed by atoms with Crippen LogP contribution in [-0.2, 0) is 14.6 Å². The van der Waals surface area contributed by atoms with E-state index in [2.05, 4.69) is 5.32 Å². The zero-order valence-electron chi connectivity index (χ0n) is 11.2. The molecule has 1 N–H and O–H groups in total. The van der Waals surface area contributed by atoms with E-state index in [4.69, 9.17) is 4.74 Å². The van der Waals surface area contributed by atoms with Gasteiger partial charge in [-0.05, 0) is 31.6 Å². The van der Waals surface area contributed by atoms with Gasteiger partial charge in [-0.1, -0.05) is 6.92 Å². The Morgan fingerprint density at radius 1 is 1.41 bits per heavy atom. The van der Waals surface area contributed by atoms with Crippen LogP contribution in [-0.4, -0.2) is 46.2 Å². The molecule has 102 valence electrons. The Balaban J connectivity index is 2.26. The predicted octanol–water partition coefficient (Wildman–Crippen LogP) is 1.22. The molecule has 0 saturated heterocycles. The molecule has 1 aliphatic carbocycles. The normalized spacial score (nSPS) is 20.2. The monoisotopic (exact) mass is 263 g/mol. The number of nitrogens with one attached hydrogen (secondary N) is 1. The molecule has 1 atom stereocenters. The Labute approximate surface area is 105 Å². The highest BCUT2D eigenvalue weighted by Crippen LogP contribution is 2.48. The number of hydrogen-bond donors (Lipinski definition) is 1. The third kappa shape index (κ3) is 5.36. The second-order valence-electron chi connectivity index (χ2n) is 5.22. The van der Waals surface area contributed by atoms with Crippen LogP contribution in [0.4, 0.5) is 0 Å². The Bertz CT molecular complexity index is 323. The third-order valence-electron chi connectivity index (χ3n) is 3.56. The maximum atomic E-state index is 11.5. The van der Waals surface area contributed by atoms with Crippen LogP contribution in [0.5, 0.6) is 0 Å². The van der Waals surface area contributed by atoms with Crippen LogP contribution in [0.15, 0.2) is 0 Å². The van der Waals surface area contributed by atoms with Crippen LogP contribution in [0.3, 0.4) is 0 Å². The van der Waals surface area contributed by atoms with Crippen LogP contribution in [0.25, 0.3) is 0 Å². The summed E-state index contributed by atoms with van der Waals surface area (Å²) in [7, 11) is -1.15. The van der Waals surface area contributed by atoms with E-state index in [-0.39, 0.29) is 17.5 Å². The van der Waals surface area contributed by atoms with Crippen molar-refractivity contribution in [3.8, 4) is 0 Å². The molecule has 0 aliphatic heterocycles. The van der Waals surface area contributed by atoms with Crippen molar-refractivity contribution in [1.82, 2.24) is 5.32 Å². The molecule has 1 unspecified atom stereocenters. The zero-order valence-corrected chi connectivity index (χ0v) is 12.0. The quantitative estimate of drug-likeness (QED) is 0.679. The van der Waals surface area contributed by atoms with Crippen molar-refractivity contribution in [3.05, 3.63) is 0 Å². The van der Waals surface area contributed by atoms with Gasteiger partial charge in [-0.25, -0.2) is 8.42 Å². The predicted molar refractivity (Wildman–Crippen MR) is 70.0 cm³/mol. The molecule has 1 aliphatic rings. The van der Waals surface area contributed by atoms with Crippen LogP contribution < -0.4 is 5.32 Å². The fraction of sp³-hybridized carbons (Fsp3) is 1.00. The molecule has 0 heterocycles. The molecular weight excluding hydrogens is 238 g/mol. The van der Waals surface area contributed by atoms with Gasteiger partial charge in [-0.2, -0.15) is 0 Å². The molecule has 0 bridgehead atoms. The fourth-order valence-electron chi connectivity index (χ4n) is 1.96. The summed E-state index contributed by atoms with van der Waals surface area (Å²) in [5.74, 6) is 0.470. The van der Waals surface area contributed by atoms with Crippen molar-refractivity contribution in [2.45, 2.75) is 39.2 Å². The summed E-state index contributed by atoms with van der Waals surface area (Å²) in [6.07, 6.45) is 3.54.